The molecule has 0 aromatic heterocycles. The highest BCUT2D eigenvalue weighted by atomic mass is 15.4. The number of fused-ring (bicyclic) bond motifs is 7. The topological polar surface area (TPSA) is 24.1 Å². The molecule has 1 aliphatic rings. The van der Waals surface area contributed by atoms with E-state index in [4.69, 9.17) is 0 Å². The Balaban J connectivity index is 2.00. The Kier molecular flexibility index (Phi) is 2.25. The molecule has 1 aliphatic heterocycles. The van der Waals surface area contributed by atoms with Crippen LogP contribution in [0.1, 0.15) is 0 Å². The van der Waals surface area contributed by atoms with Gasteiger partial charge in [0.15, 0.2) is 0 Å². The Morgan fingerprint density at radius 3 is 1.41 bits per heavy atom. The Morgan fingerprint density at radius 2 is 0.909 bits per heavy atom. The normalized spacial score (nSPS) is 12.4. The largest absolute Gasteiger partial charge is 0.300 e. The van der Waals surface area contributed by atoms with Gasteiger partial charge in [-0.15, -0.1) is 0 Å². The first-order chi connectivity index (χ1) is 10.9. The van der Waals surface area contributed by atoms with E-state index in [0.717, 1.165) is 11.4 Å². The quantitative estimate of drug-likeness (QED) is 0.450. The number of hydrogen-bond donors (Lipinski definition) is 2. The van der Waals surface area contributed by atoms with Gasteiger partial charge in [-0.3, -0.25) is 0 Å². The summed E-state index contributed by atoms with van der Waals surface area (Å²) in [4.78, 5) is 0. The fourth-order valence-electron chi connectivity index (χ4n) is 3.42. The molecule has 2 nitrogen and oxygen atoms in total. The average Bonchev–Trinajstić information content (AvgIpc) is 2.60. The third-order valence-corrected chi connectivity index (χ3v) is 4.44. The summed E-state index contributed by atoms with van der Waals surface area (Å²) in [6, 6.07) is 25.8. The summed E-state index contributed by atoms with van der Waals surface area (Å²) in [6.45, 7) is 0. The molecule has 0 saturated heterocycles. The Bertz CT molecular complexity index is 949. The number of nitrogens with one attached hydrogen (secondary N) is 2. The highest BCUT2D eigenvalue weighted by Crippen LogP contribution is 2.45. The fourth-order valence-corrected chi connectivity index (χ4v) is 3.42. The lowest BCUT2D eigenvalue weighted by molar-refractivity contribution is 1.40. The van der Waals surface area contributed by atoms with Gasteiger partial charge in [-0.05, 0) is 33.7 Å². The second-order valence-corrected chi connectivity index (χ2v) is 5.67. The van der Waals surface area contributed by atoms with Crippen LogP contribution in [-0.4, -0.2) is 0 Å². The van der Waals surface area contributed by atoms with Crippen LogP contribution in [0.2, 0.25) is 0 Å². The van der Waals surface area contributed by atoms with Crippen molar-refractivity contribution in [1.82, 2.24) is 0 Å². The van der Waals surface area contributed by atoms with Gasteiger partial charge in [-0.1, -0.05) is 60.7 Å². The van der Waals surface area contributed by atoms with Crippen molar-refractivity contribution in [3.63, 3.8) is 0 Å². The molecule has 22 heavy (non-hydrogen) atoms. The highest BCUT2D eigenvalue weighted by Gasteiger charge is 2.20. The molecular formula is C20H14N2. The lowest BCUT2D eigenvalue weighted by Gasteiger charge is -2.26. The van der Waals surface area contributed by atoms with Crippen molar-refractivity contribution < 1.29 is 0 Å². The SMILES string of the molecule is c1ccc2c3c(ccc2c1)NNc1ccc2ccccc2c1-3. The van der Waals surface area contributed by atoms with E-state index in [1.54, 1.807) is 0 Å². The van der Waals surface area contributed by atoms with Crippen LogP contribution < -0.4 is 10.9 Å². The molecule has 0 aliphatic carbocycles. The minimum atomic E-state index is 1.13. The van der Waals surface area contributed by atoms with Gasteiger partial charge in [0.1, 0.15) is 0 Å². The van der Waals surface area contributed by atoms with Gasteiger partial charge in [-0.25, -0.2) is 0 Å². The maximum atomic E-state index is 3.33. The molecular weight excluding hydrogens is 268 g/mol. The van der Waals surface area contributed by atoms with Crippen LogP contribution >= 0.6 is 0 Å². The van der Waals surface area contributed by atoms with E-state index in [2.05, 4.69) is 83.6 Å². The molecule has 0 unspecified atom stereocenters. The smallest absolute Gasteiger partial charge is 0.0625 e. The molecule has 0 radical (unpaired) electrons. The maximum Gasteiger partial charge on any atom is 0.0625 e. The van der Waals surface area contributed by atoms with Crippen LogP contribution in [-0.2, 0) is 0 Å². The zero-order valence-electron chi connectivity index (χ0n) is 11.9. The molecule has 5 rings (SSSR count). The summed E-state index contributed by atoms with van der Waals surface area (Å²) in [7, 11) is 0. The molecule has 0 fully saturated rings. The summed E-state index contributed by atoms with van der Waals surface area (Å²) >= 11 is 0. The molecule has 4 aromatic rings. The lowest BCUT2D eigenvalue weighted by atomic mass is 9.90. The zero-order chi connectivity index (χ0) is 14.5. The minimum Gasteiger partial charge on any atom is -0.300 e. The van der Waals surface area contributed by atoms with Crippen molar-refractivity contribution in [2.75, 3.05) is 10.9 Å². The van der Waals surface area contributed by atoms with Gasteiger partial charge >= 0.3 is 0 Å². The van der Waals surface area contributed by atoms with Crippen LogP contribution in [0.3, 0.4) is 0 Å². The maximum absolute atomic E-state index is 3.33. The van der Waals surface area contributed by atoms with E-state index in [9.17, 15) is 0 Å². The Hall–Kier alpha value is -3.00. The van der Waals surface area contributed by atoms with Crippen molar-refractivity contribution >= 4 is 32.9 Å². The first-order valence-electron chi connectivity index (χ1n) is 7.48. The molecule has 1 heterocycles. The molecule has 0 spiro atoms. The van der Waals surface area contributed by atoms with Crippen LogP contribution in [0.5, 0.6) is 0 Å². The van der Waals surface area contributed by atoms with Gasteiger partial charge in [-0.2, -0.15) is 0 Å². The van der Waals surface area contributed by atoms with Gasteiger partial charge in [0.25, 0.3) is 0 Å². The minimum absolute atomic E-state index is 1.13. The summed E-state index contributed by atoms with van der Waals surface area (Å²) in [6.07, 6.45) is 0. The summed E-state index contributed by atoms with van der Waals surface area (Å²) in [5.74, 6) is 0. The molecule has 0 bridgehead atoms. The van der Waals surface area contributed by atoms with E-state index in [1.807, 2.05) is 0 Å². The Labute approximate surface area is 128 Å². The molecule has 0 saturated carbocycles. The second kappa shape index (κ2) is 4.25. The summed E-state index contributed by atoms with van der Waals surface area (Å²) in [5.41, 5.74) is 11.5. The molecule has 2 heteroatoms. The Morgan fingerprint density at radius 1 is 0.455 bits per heavy atom. The highest BCUT2D eigenvalue weighted by molar-refractivity contribution is 6.15. The number of rotatable bonds is 0. The number of hydrogen-bond acceptors (Lipinski definition) is 2. The predicted molar refractivity (Wildman–Crippen MR) is 94.1 cm³/mol. The third kappa shape index (κ3) is 1.49. The van der Waals surface area contributed by atoms with Crippen molar-refractivity contribution in [2.45, 2.75) is 0 Å². The van der Waals surface area contributed by atoms with Crippen LogP contribution in [0.25, 0.3) is 32.7 Å². The first kappa shape index (κ1) is 11.6. The average molecular weight is 282 g/mol. The van der Waals surface area contributed by atoms with E-state index < -0.39 is 0 Å². The van der Waals surface area contributed by atoms with Gasteiger partial charge in [0.2, 0.25) is 0 Å². The van der Waals surface area contributed by atoms with Crippen molar-refractivity contribution in [3.8, 4) is 11.1 Å². The van der Waals surface area contributed by atoms with Crippen LogP contribution in [0.4, 0.5) is 11.4 Å². The second-order valence-electron chi connectivity index (χ2n) is 5.67. The molecule has 2 N–H and O–H groups in total. The van der Waals surface area contributed by atoms with E-state index >= 15 is 0 Å². The monoisotopic (exact) mass is 282 g/mol. The van der Waals surface area contributed by atoms with E-state index in [0.29, 0.717) is 0 Å². The fraction of sp³-hybridized carbons (Fsp3) is 0. The lowest BCUT2D eigenvalue weighted by Crippen LogP contribution is -2.15. The van der Waals surface area contributed by atoms with Gasteiger partial charge in [0, 0.05) is 11.1 Å². The van der Waals surface area contributed by atoms with Crippen molar-refractivity contribution in [3.05, 3.63) is 72.8 Å². The molecule has 0 amide bonds. The van der Waals surface area contributed by atoms with Gasteiger partial charge in [0.05, 0.1) is 11.4 Å². The van der Waals surface area contributed by atoms with Crippen LogP contribution in [0.15, 0.2) is 72.8 Å². The molecule has 4 aromatic carbocycles. The number of anilines is 2. The third-order valence-electron chi connectivity index (χ3n) is 4.44. The predicted octanol–water partition coefficient (Wildman–Crippen LogP) is 5.41. The first-order valence-corrected chi connectivity index (χ1v) is 7.48. The van der Waals surface area contributed by atoms with Gasteiger partial charge < -0.3 is 10.9 Å². The molecule has 0 atom stereocenters. The standard InChI is InChI=1S/C20H14N2/c1-3-7-15-13(5-1)9-11-17-19(15)20-16-8-4-2-6-14(16)10-12-18(20)22-21-17/h1-12,21-22H. The molecule has 104 valence electrons. The summed E-state index contributed by atoms with van der Waals surface area (Å²) < 4.78 is 0. The van der Waals surface area contributed by atoms with Crippen molar-refractivity contribution in [2.24, 2.45) is 0 Å². The van der Waals surface area contributed by atoms with Crippen molar-refractivity contribution in [1.29, 1.82) is 0 Å². The summed E-state index contributed by atoms with van der Waals surface area (Å²) in [5, 5.41) is 5.10. The zero-order valence-corrected chi connectivity index (χ0v) is 11.9. The number of hydrazine groups is 1. The van der Waals surface area contributed by atoms with E-state index in [-0.39, 0.29) is 0 Å². The number of benzene rings is 4. The van der Waals surface area contributed by atoms with E-state index in [1.165, 1.54) is 32.7 Å². The van der Waals surface area contributed by atoms with Crippen LogP contribution in [0, 0.1) is 0 Å².